The normalized spacial score (nSPS) is 10.9. The molecule has 2 rings (SSSR count). The summed E-state index contributed by atoms with van der Waals surface area (Å²) < 4.78 is 21.8. The van der Waals surface area contributed by atoms with Crippen LogP contribution in [0.5, 0.6) is 23.0 Å². The van der Waals surface area contributed by atoms with Gasteiger partial charge in [0, 0.05) is 6.54 Å². The monoisotopic (exact) mass is 387 g/mol. The van der Waals surface area contributed by atoms with Gasteiger partial charge in [-0.3, -0.25) is 0 Å². The summed E-state index contributed by atoms with van der Waals surface area (Å²) in [5, 5.41) is 6.50. The van der Waals surface area contributed by atoms with Crippen molar-refractivity contribution in [2.24, 2.45) is 4.99 Å². The summed E-state index contributed by atoms with van der Waals surface area (Å²) in [6, 6.07) is 13.5. The zero-order valence-electron chi connectivity index (χ0n) is 17.0. The minimum Gasteiger partial charge on any atom is -0.493 e. The van der Waals surface area contributed by atoms with E-state index < -0.39 is 0 Å². The van der Waals surface area contributed by atoms with Crippen molar-refractivity contribution >= 4 is 5.96 Å². The van der Waals surface area contributed by atoms with E-state index in [-0.39, 0.29) is 0 Å². The molecule has 0 aliphatic carbocycles. The number of hydrogen-bond donors (Lipinski definition) is 2. The molecule has 7 heteroatoms. The first-order valence-electron chi connectivity index (χ1n) is 9.20. The molecule has 0 radical (unpaired) electrons. The van der Waals surface area contributed by atoms with E-state index in [2.05, 4.69) is 15.6 Å². The van der Waals surface area contributed by atoms with Crippen molar-refractivity contribution in [1.82, 2.24) is 10.6 Å². The molecule has 0 saturated heterocycles. The SMILES string of the molecule is CCNC(=NCc1cc(OC)c(OC)c(OC)c1)NCCOc1ccccc1. The number of benzene rings is 2. The van der Waals surface area contributed by atoms with E-state index in [1.54, 1.807) is 21.3 Å². The molecule has 2 aromatic carbocycles. The third kappa shape index (κ3) is 6.26. The van der Waals surface area contributed by atoms with Crippen LogP contribution < -0.4 is 29.6 Å². The van der Waals surface area contributed by atoms with Crippen LogP contribution in [-0.4, -0.2) is 47.0 Å². The van der Waals surface area contributed by atoms with E-state index in [0.717, 1.165) is 17.9 Å². The third-order valence-electron chi connectivity index (χ3n) is 3.89. The summed E-state index contributed by atoms with van der Waals surface area (Å²) in [5.74, 6) is 3.36. The molecule has 0 aliphatic heterocycles. The lowest BCUT2D eigenvalue weighted by Crippen LogP contribution is -2.39. The highest BCUT2D eigenvalue weighted by molar-refractivity contribution is 5.79. The van der Waals surface area contributed by atoms with E-state index in [9.17, 15) is 0 Å². The van der Waals surface area contributed by atoms with Crippen LogP contribution in [0.15, 0.2) is 47.5 Å². The predicted molar refractivity (Wildman–Crippen MR) is 111 cm³/mol. The second kappa shape index (κ2) is 11.6. The van der Waals surface area contributed by atoms with Gasteiger partial charge in [-0.05, 0) is 36.8 Å². The van der Waals surface area contributed by atoms with E-state index >= 15 is 0 Å². The number of ether oxygens (including phenoxy) is 4. The van der Waals surface area contributed by atoms with Gasteiger partial charge in [-0.15, -0.1) is 0 Å². The smallest absolute Gasteiger partial charge is 0.203 e. The van der Waals surface area contributed by atoms with E-state index in [0.29, 0.717) is 42.9 Å². The van der Waals surface area contributed by atoms with Crippen LogP contribution in [0.2, 0.25) is 0 Å². The fourth-order valence-corrected chi connectivity index (χ4v) is 2.59. The molecule has 0 atom stereocenters. The van der Waals surface area contributed by atoms with Crippen LogP contribution in [0.4, 0.5) is 0 Å². The van der Waals surface area contributed by atoms with Gasteiger partial charge in [-0.1, -0.05) is 18.2 Å². The summed E-state index contributed by atoms with van der Waals surface area (Å²) in [4.78, 5) is 4.62. The second-order valence-electron chi connectivity index (χ2n) is 5.82. The number of aliphatic imine (C=N–C) groups is 1. The maximum atomic E-state index is 5.69. The van der Waals surface area contributed by atoms with Gasteiger partial charge >= 0.3 is 0 Å². The lowest BCUT2D eigenvalue weighted by molar-refractivity contribution is 0.322. The van der Waals surface area contributed by atoms with Gasteiger partial charge in [0.25, 0.3) is 0 Å². The fourth-order valence-electron chi connectivity index (χ4n) is 2.59. The molecule has 0 aliphatic rings. The van der Waals surface area contributed by atoms with Crippen molar-refractivity contribution in [3.8, 4) is 23.0 Å². The number of para-hydroxylation sites is 1. The molecular formula is C21H29N3O4. The van der Waals surface area contributed by atoms with Crippen molar-refractivity contribution < 1.29 is 18.9 Å². The largest absolute Gasteiger partial charge is 0.493 e. The Bertz CT molecular complexity index is 726. The van der Waals surface area contributed by atoms with Gasteiger partial charge < -0.3 is 29.6 Å². The maximum Gasteiger partial charge on any atom is 0.203 e. The summed E-state index contributed by atoms with van der Waals surface area (Å²) >= 11 is 0. The molecule has 152 valence electrons. The Morgan fingerprint density at radius 3 is 2.18 bits per heavy atom. The summed E-state index contributed by atoms with van der Waals surface area (Å²) in [6.45, 7) is 4.43. The van der Waals surface area contributed by atoms with Gasteiger partial charge in [0.15, 0.2) is 17.5 Å². The van der Waals surface area contributed by atoms with Crippen molar-refractivity contribution in [2.45, 2.75) is 13.5 Å². The number of methoxy groups -OCH3 is 3. The molecule has 0 aromatic heterocycles. The molecule has 2 aromatic rings. The third-order valence-corrected chi connectivity index (χ3v) is 3.89. The van der Waals surface area contributed by atoms with Crippen molar-refractivity contribution in [2.75, 3.05) is 41.0 Å². The topological polar surface area (TPSA) is 73.3 Å². The molecule has 7 nitrogen and oxygen atoms in total. The molecule has 0 amide bonds. The van der Waals surface area contributed by atoms with Crippen molar-refractivity contribution in [3.63, 3.8) is 0 Å². The average Bonchev–Trinajstić information content (AvgIpc) is 2.74. The van der Waals surface area contributed by atoms with Crippen LogP contribution >= 0.6 is 0 Å². The zero-order valence-corrected chi connectivity index (χ0v) is 17.0. The van der Waals surface area contributed by atoms with Crippen LogP contribution in [0.1, 0.15) is 12.5 Å². The molecular weight excluding hydrogens is 358 g/mol. The number of rotatable bonds is 10. The van der Waals surface area contributed by atoms with Crippen LogP contribution in [0, 0.1) is 0 Å². The summed E-state index contributed by atoms with van der Waals surface area (Å²) in [5.41, 5.74) is 0.951. The Balaban J connectivity index is 1.97. The van der Waals surface area contributed by atoms with Crippen molar-refractivity contribution in [1.29, 1.82) is 0 Å². The first-order valence-corrected chi connectivity index (χ1v) is 9.20. The molecule has 0 saturated carbocycles. The molecule has 28 heavy (non-hydrogen) atoms. The predicted octanol–water partition coefficient (Wildman–Crippen LogP) is 2.85. The molecule has 0 fully saturated rings. The molecule has 0 bridgehead atoms. The van der Waals surface area contributed by atoms with E-state index in [1.165, 1.54) is 0 Å². The first-order chi connectivity index (χ1) is 13.7. The Kier molecular flexibility index (Phi) is 8.78. The minimum absolute atomic E-state index is 0.464. The van der Waals surface area contributed by atoms with Crippen LogP contribution in [0.3, 0.4) is 0 Å². The first kappa shape index (κ1) is 21.2. The second-order valence-corrected chi connectivity index (χ2v) is 5.82. The zero-order chi connectivity index (χ0) is 20.2. The number of hydrogen-bond acceptors (Lipinski definition) is 5. The van der Waals surface area contributed by atoms with Gasteiger partial charge in [-0.2, -0.15) is 0 Å². The van der Waals surface area contributed by atoms with Crippen LogP contribution in [0.25, 0.3) is 0 Å². The fraction of sp³-hybridized carbons (Fsp3) is 0.381. The molecule has 2 N–H and O–H groups in total. The molecule has 0 heterocycles. The van der Waals surface area contributed by atoms with Gasteiger partial charge in [-0.25, -0.2) is 4.99 Å². The molecule has 0 spiro atoms. The highest BCUT2D eigenvalue weighted by Crippen LogP contribution is 2.38. The summed E-state index contributed by atoms with van der Waals surface area (Å²) in [6.07, 6.45) is 0. The Hall–Kier alpha value is -3.09. The van der Waals surface area contributed by atoms with E-state index in [4.69, 9.17) is 18.9 Å². The highest BCUT2D eigenvalue weighted by atomic mass is 16.5. The average molecular weight is 387 g/mol. The standard InChI is InChI=1S/C21H29N3O4/c1-5-22-21(23-11-12-28-17-9-7-6-8-10-17)24-15-16-13-18(25-2)20(27-4)19(14-16)26-3/h6-10,13-14H,5,11-12,15H2,1-4H3,(H2,22,23,24). The quantitative estimate of drug-likeness (QED) is 0.371. The van der Waals surface area contributed by atoms with Gasteiger partial charge in [0.2, 0.25) is 5.75 Å². The Labute approximate surface area is 166 Å². The maximum absolute atomic E-state index is 5.69. The molecule has 0 unspecified atom stereocenters. The Morgan fingerprint density at radius 1 is 0.929 bits per heavy atom. The van der Waals surface area contributed by atoms with Crippen LogP contribution in [-0.2, 0) is 6.54 Å². The number of nitrogens with zero attached hydrogens (tertiary/aromatic N) is 1. The lowest BCUT2D eigenvalue weighted by atomic mass is 10.2. The lowest BCUT2D eigenvalue weighted by Gasteiger charge is -2.14. The van der Waals surface area contributed by atoms with E-state index in [1.807, 2.05) is 49.4 Å². The summed E-state index contributed by atoms with van der Waals surface area (Å²) in [7, 11) is 4.79. The van der Waals surface area contributed by atoms with Crippen molar-refractivity contribution in [3.05, 3.63) is 48.0 Å². The Morgan fingerprint density at radius 2 is 1.61 bits per heavy atom. The highest BCUT2D eigenvalue weighted by Gasteiger charge is 2.13. The number of guanidine groups is 1. The minimum atomic E-state index is 0.464. The van der Waals surface area contributed by atoms with Gasteiger partial charge in [0.05, 0.1) is 34.4 Å². The van der Waals surface area contributed by atoms with Gasteiger partial charge in [0.1, 0.15) is 12.4 Å². The number of nitrogens with one attached hydrogen (secondary N) is 2.